The predicted octanol–water partition coefficient (Wildman–Crippen LogP) is 3.49. The molecule has 5 nitrogen and oxygen atoms in total. The van der Waals surface area contributed by atoms with Crippen molar-refractivity contribution in [3.63, 3.8) is 0 Å². The van der Waals surface area contributed by atoms with Gasteiger partial charge < -0.3 is 4.74 Å². The lowest BCUT2D eigenvalue weighted by Crippen LogP contribution is -2.53. The molecule has 136 valence electrons. The molecule has 1 saturated heterocycles. The van der Waals surface area contributed by atoms with Crippen LogP contribution in [0.3, 0.4) is 0 Å². The van der Waals surface area contributed by atoms with E-state index in [1.807, 2.05) is 51.1 Å². The Morgan fingerprint density at radius 2 is 1.88 bits per heavy atom. The van der Waals surface area contributed by atoms with Gasteiger partial charge in [0.25, 0.3) is 0 Å². The van der Waals surface area contributed by atoms with Gasteiger partial charge in [-0.1, -0.05) is 44.2 Å². The summed E-state index contributed by atoms with van der Waals surface area (Å²) in [6, 6.07) is 8.94. The second-order valence-electron chi connectivity index (χ2n) is 7.38. The van der Waals surface area contributed by atoms with E-state index in [1.54, 1.807) is 13.8 Å². The number of imide groups is 1. The van der Waals surface area contributed by atoms with Crippen LogP contribution in [0.5, 0.6) is 0 Å². The number of esters is 1. The van der Waals surface area contributed by atoms with Gasteiger partial charge in [-0.2, -0.15) is 0 Å². The summed E-state index contributed by atoms with van der Waals surface area (Å²) in [6.07, 6.45) is 0.812. The van der Waals surface area contributed by atoms with E-state index in [1.165, 1.54) is 4.90 Å². The van der Waals surface area contributed by atoms with E-state index in [-0.39, 0.29) is 18.2 Å². The van der Waals surface area contributed by atoms with Crippen LogP contribution in [0, 0.1) is 11.8 Å². The SMILES string of the molecule is CCC(C)(C)OC(=O)C1C(=O)N([C@@H](C)c2ccccc2)C(=O)CC1C. The molecule has 1 heterocycles. The van der Waals surface area contributed by atoms with Gasteiger partial charge in [-0.25, -0.2) is 0 Å². The molecule has 2 rings (SSSR count). The van der Waals surface area contributed by atoms with E-state index in [4.69, 9.17) is 4.74 Å². The maximum Gasteiger partial charge on any atom is 0.319 e. The minimum Gasteiger partial charge on any atom is -0.459 e. The summed E-state index contributed by atoms with van der Waals surface area (Å²) in [6.45, 7) is 9.12. The van der Waals surface area contributed by atoms with Gasteiger partial charge >= 0.3 is 5.97 Å². The van der Waals surface area contributed by atoms with Gasteiger partial charge in [0.15, 0.2) is 0 Å². The van der Waals surface area contributed by atoms with Crippen LogP contribution in [0.25, 0.3) is 0 Å². The van der Waals surface area contributed by atoms with Gasteiger partial charge in [0.05, 0.1) is 6.04 Å². The minimum absolute atomic E-state index is 0.162. The Hall–Kier alpha value is -2.17. The van der Waals surface area contributed by atoms with Crippen molar-refractivity contribution in [2.45, 2.75) is 59.1 Å². The second kappa shape index (κ2) is 7.38. The molecule has 5 heteroatoms. The summed E-state index contributed by atoms with van der Waals surface area (Å²) in [4.78, 5) is 39.3. The smallest absolute Gasteiger partial charge is 0.319 e. The molecule has 1 aromatic rings. The standard InChI is InChI=1S/C20H27NO4/c1-6-20(4,5)25-19(24)17-13(2)12-16(22)21(18(17)23)14(3)15-10-8-7-9-11-15/h7-11,13-14,17H,6,12H2,1-5H3/t13?,14-,17?/m0/s1. The van der Waals surface area contributed by atoms with Crippen LogP contribution in [-0.4, -0.2) is 28.3 Å². The van der Waals surface area contributed by atoms with Crippen LogP contribution in [-0.2, 0) is 19.1 Å². The van der Waals surface area contributed by atoms with Crippen LogP contribution >= 0.6 is 0 Å². The Labute approximate surface area is 149 Å². The fourth-order valence-corrected chi connectivity index (χ4v) is 3.04. The number of rotatable bonds is 5. The van der Waals surface area contributed by atoms with Gasteiger partial charge in [0.2, 0.25) is 11.8 Å². The first-order valence-electron chi connectivity index (χ1n) is 8.81. The summed E-state index contributed by atoms with van der Waals surface area (Å²) in [5.74, 6) is -2.54. The Morgan fingerprint density at radius 1 is 1.28 bits per heavy atom. The van der Waals surface area contributed by atoms with Gasteiger partial charge in [0, 0.05) is 6.42 Å². The molecule has 2 amide bonds. The van der Waals surface area contributed by atoms with Crippen molar-refractivity contribution in [1.82, 2.24) is 4.90 Å². The first-order valence-corrected chi connectivity index (χ1v) is 8.81. The third kappa shape index (κ3) is 4.09. The molecule has 1 aromatic carbocycles. The third-order valence-corrected chi connectivity index (χ3v) is 4.99. The maximum atomic E-state index is 13.0. The average molecular weight is 345 g/mol. The van der Waals surface area contributed by atoms with Crippen molar-refractivity contribution in [2.75, 3.05) is 0 Å². The molecule has 1 aliphatic rings. The van der Waals surface area contributed by atoms with Crippen molar-refractivity contribution < 1.29 is 19.1 Å². The zero-order valence-corrected chi connectivity index (χ0v) is 15.6. The minimum atomic E-state index is -0.935. The molecule has 0 saturated carbocycles. The highest BCUT2D eigenvalue weighted by atomic mass is 16.6. The monoisotopic (exact) mass is 345 g/mol. The number of ether oxygens (including phenoxy) is 1. The largest absolute Gasteiger partial charge is 0.459 e. The summed E-state index contributed by atoms with van der Waals surface area (Å²) in [7, 11) is 0. The number of amides is 2. The zero-order chi connectivity index (χ0) is 18.8. The fourth-order valence-electron chi connectivity index (χ4n) is 3.04. The van der Waals surface area contributed by atoms with E-state index in [2.05, 4.69) is 0 Å². The fraction of sp³-hybridized carbons (Fsp3) is 0.550. The van der Waals surface area contributed by atoms with Crippen LogP contribution in [0.15, 0.2) is 30.3 Å². The predicted molar refractivity (Wildman–Crippen MR) is 94.4 cm³/mol. The highest BCUT2D eigenvalue weighted by Gasteiger charge is 2.47. The van der Waals surface area contributed by atoms with E-state index in [0.29, 0.717) is 6.42 Å². The lowest BCUT2D eigenvalue weighted by Gasteiger charge is -2.38. The molecule has 2 unspecified atom stereocenters. The second-order valence-corrected chi connectivity index (χ2v) is 7.38. The van der Waals surface area contributed by atoms with Crippen molar-refractivity contribution in [3.05, 3.63) is 35.9 Å². The number of carbonyl (C=O) groups is 3. The summed E-state index contributed by atoms with van der Waals surface area (Å²) < 4.78 is 5.54. The molecule has 1 aliphatic heterocycles. The zero-order valence-electron chi connectivity index (χ0n) is 15.6. The molecule has 0 bridgehead atoms. The topological polar surface area (TPSA) is 63.7 Å². The van der Waals surface area contributed by atoms with Gasteiger partial charge in [-0.15, -0.1) is 0 Å². The maximum absolute atomic E-state index is 13.0. The Kier molecular flexibility index (Phi) is 5.65. The number of likely N-dealkylation sites (tertiary alicyclic amines) is 1. The van der Waals surface area contributed by atoms with Gasteiger partial charge in [-0.05, 0) is 38.7 Å². The number of carbonyl (C=O) groups excluding carboxylic acids is 3. The number of benzene rings is 1. The lowest BCUT2D eigenvalue weighted by atomic mass is 9.84. The normalized spacial score (nSPS) is 22.7. The summed E-state index contributed by atoms with van der Waals surface area (Å²) in [5, 5.41) is 0. The quantitative estimate of drug-likeness (QED) is 0.465. The molecule has 3 atom stereocenters. The van der Waals surface area contributed by atoms with E-state index in [0.717, 1.165) is 5.56 Å². The highest BCUT2D eigenvalue weighted by molar-refractivity contribution is 6.08. The van der Waals surface area contributed by atoms with Crippen LogP contribution in [0.4, 0.5) is 0 Å². The third-order valence-electron chi connectivity index (χ3n) is 4.99. The molecule has 1 fully saturated rings. The Morgan fingerprint density at radius 3 is 2.44 bits per heavy atom. The lowest BCUT2D eigenvalue weighted by molar-refractivity contribution is -0.174. The molecule has 0 spiro atoms. The summed E-state index contributed by atoms with van der Waals surface area (Å²) in [5.41, 5.74) is 0.230. The van der Waals surface area contributed by atoms with E-state index < -0.39 is 29.4 Å². The highest BCUT2D eigenvalue weighted by Crippen LogP contribution is 2.33. The first-order chi connectivity index (χ1) is 11.7. The first kappa shape index (κ1) is 19.2. The molecule has 0 aromatic heterocycles. The number of piperidine rings is 1. The molecule has 25 heavy (non-hydrogen) atoms. The summed E-state index contributed by atoms with van der Waals surface area (Å²) >= 11 is 0. The van der Waals surface area contributed by atoms with Crippen LogP contribution < -0.4 is 0 Å². The average Bonchev–Trinajstić information content (AvgIpc) is 2.54. The van der Waals surface area contributed by atoms with Gasteiger partial charge in [0.1, 0.15) is 11.5 Å². The Bertz CT molecular complexity index is 653. The molecule has 0 radical (unpaired) electrons. The molecular formula is C20H27NO4. The molecular weight excluding hydrogens is 318 g/mol. The number of hydrogen-bond acceptors (Lipinski definition) is 4. The van der Waals surface area contributed by atoms with E-state index in [9.17, 15) is 14.4 Å². The number of nitrogens with zero attached hydrogens (tertiary/aromatic N) is 1. The number of hydrogen-bond donors (Lipinski definition) is 0. The van der Waals surface area contributed by atoms with Gasteiger partial charge in [-0.3, -0.25) is 19.3 Å². The van der Waals surface area contributed by atoms with E-state index >= 15 is 0 Å². The van der Waals surface area contributed by atoms with Crippen LogP contribution in [0.2, 0.25) is 0 Å². The van der Waals surface area contributed by atoms with Crippen molar-refractivity contribution in [1.29, 1.82) is 0 Å². The molecule has 0 aliphatic carbocycles. The van der Waals surface area contributed by atoms with Crippen molar-refractivity contribution in [2.24, 2.45) is 11.8 Å². The van der Waals surface area contributed by atoms with Crippen molar-refractivity contribution in [3.8, 4) is 0 Å². The Balaban J connectivity index is 2.27. The van der Waals surface area contributed by atoms with Crippen molar-refractivity contribution >= 4 is 17.8 Å². The van der Waals surface area contributed by atoms with Crippen LogP contribution in [0.1, 0.15) is 59.1 Å². The molecule has 0 N–H and O–H groups in total.